The molecule has 1 amide bonds. The highest BCUT2D eigenvalue weighted by molar-refractivity contribution is 5.79. The fourth-order valence-corrected chi connectivity index (χ4v) is 1.84. The molecule has 6 nitrogen and oxygen atoms in total. The quantitative estimate of drug-likeness (QED) is 0.859. The van der Waals surface area contributed by atoms with E-state index in [9.17, 15) is 4.79 Å². The van der Waals surface area contributed by atoms with E-state index in [-0.39, 0.29) is 11.9 Å². The number of carbonyl (C=O) groups excluding carboxylic acids is 1. The number of nitrogens with one attached hydrogen (secondary N) is 1. The molecule has 1 aromatic heterocycles. The van der Waals surface area contributed by atoms with Gasteiger partial charge in [0.2, 0.25) is 5.91 Å². The van der Waals surface area contributed by atoms with E-state index in [1.54, 1.807) is 14.0 Å². The van der Waals surface area contributed by atoms with Gasteiger partial charge in [0.25, 0.3) is 0 Å². The van der Waals surface area contributed by atoms with E-state index < -0.39 is 0 Å². The summed E-state index contributed by atoms with van der Waals surface area (Å²) in [6.45, 7) is 2.36. The highest BCUT2D eigenvalue weighted by Gasteiger charge is 2.14. The van der Waals surface area contributed by atoms with Crippen LogP contribution >= 0.6 is 0 Å². The van der Waals surface area contributed by atoms with Gasteiger partial charge in [-0.15, -0.1) is 0 Å². The number of aromatic nitrogens is 3. The molecule has 0 saturated heterocycles. The van der Waals surface area contributed by atoms with Gasteiger partial charge in [-0.05, 0) is 31.0 Å². The maximum Gasteiger partial charge on any atom is 0.244 e. The van der Waals surface area contributed by atoms with Crippen molar-refractivity contribution < 1.29 is 9.53 Å². The molecule has 0 spiro atoms. The van der Waals surface area contributed by atoms with Gasteiger partial charge in [0.05, 0.1) is 7.11 Å². The fraction of sp³-hybridized carbons (Fsp3) is 0.357. The van der Waals surface area contributed by atoms with Crippen molar-refractivity contribution in [1.82, 2.24) is 20.1 Å². The second kappa shape index (κ2) is 6.70. The van der Waals surface area contributed by atoms with Gasteiger partial charge in [-0.2, -0.15) is 5.10 Å². The van der Waals surface area contributed by atoms with E-state index in [2.05, 4.69) is 15.4 Å². The zero-order valence-electron chi connectivity index (χ0n) is 11.6. The van der Waals surface area contributed by atoms with Gasteiger partial charge in [0, 0.05) is 6.54 Å². The van der Waals surface area contributed by atoms with Crippen LogP contribution in [0.2, 0.25) is 0 Å². The Hall–Kier alpha value is -2.37. The molecule has 0 aliphatic carbocycles. The molecule has 1 heterocycles. The molecule has 20 heavy (non-hydrogen) atoms. The molecule has 0 bridgehead atoms. The van der Waals surface area contributed by atoms with Crippen molar-refractivity contribution in [3.63, 3.8) is 0 Å². The van der Waals surface area contributed by atoms with E-state index >= 15 is 0 Å². The fourth-order valence-electron chi connectivity index (χ4n) is 1.84. The predicted octanol–water partition coefficient (Wildman–Crippen LogP) is 1.21. The first kappa shape index (κ1) is 14.0. The summed E-state index contributed by atoms with van der Waals surface area (Å²) in [6, 6.07) is 7.45. The molecular formula is C14H18N4O2. The van der Waals surface area contributed by atoms with Crippen LogP contribution in [0.15, 0.2) is 36.9 Å². The van der Waals surface area contributed by atoms with Crippen LogP contribution in [-0.2, 0) is 11.2 Å². The Morgan fingerprint density at radius 3 is 3.05 bits per heavy atom. The number of carbonyl (C=O) groups is 1. The molecule has 0 radical (unpaired) electrons. The van der Waals surface area contributed by atoms with Gasteiger partial charge in [0.15, 0.2) is 0 Å². The van der Waals surface area contributed by atoms with E-state index in [1.165, 1.54) is 17.3 Å². The van der Waals surface area contributed by atoms with Crippen LogP contribution in [0.1, 0.15) is 18.5 Å². The average molecular weight is 274 g/mol. The lowest BCUT2D eigenvalue weighted by atomic mass is 10.1. The van der Waals surface area contributed by atoms with Crippen molar-refractivity contribution in [2.45, 2.75) is 19.4 Å². The molecule has 2 aromatic rings. The van der Waals surface area contributed by atoms with Crippen LogP contribution in [0, 0.1) is 0 Å². The first-order valence-corrected chi connectivity index (χ1v) is 6.45. The lowest BCUT2D eigenvalue weighted by Crippen LogP contribution is -2.32. The van der Waals surface area contributed by atoms with Crippen molar-refractivity contribution in [3.05, 3.63) is 42.5 Å². The minimum Gasteiger partial charge on any atom is -0.497 e. The zero-order valence-corrected chi connectivity index (χ0v) is 11.6. The Bertz CT molecular complexity index is 554. The summed E-state index contributed by atoms with van der Waals surface area (Å²) in [4.78, 5) is 15.8. The van der Waals surface area contributed by atoms with Gasteiger partial charge in [-0.25, -0.2) is 9.67 Å². The van der Waals surface area contributed by atoms with E-state index in [4.69, 9.17) is 4.74 Å². The number of hydrogen-bond acceptors (Lipinski definition) is 4. The number of ether oxygens (including phenoxy) is 1. The molecule has 1 atom stereocenters. The van der Waals surface area contributed by atoms with E-state index in [1.807, 2.05) is 24.3 Å². The van der Waals surface area contributed by atoms with Crippen molar-refractivity contribution in [2.24, 2.45) is 0 Å². The summed E-state index contributed by atoms with van der Waals surface area (Å²) < 4.78 is 6.69. The van der Waals surface area contributed by atoms with Crippen LogP contribution in [-0.4, -0.2) is 34.3 Å². The standard InChI is InChI=1S/C14H18N4O2/c1-11(18-10-15-9-17-18)14(19)16-7-6-12-4-3-5-13(8-12)20-2/h3-5,8-11H,6-7H2,1-2H3,(H,16,19)/t11-/m0/s1. The van der Waals surface area contributed by atoms with Crippen molar-refractivity contribution in [1.29, 1.82) is 0 Å². The Labute approximate surface area is 117 Å². The molecule has 0 fully saturated rings. The molecular weight excluding hydrogens is 256 g/mol. The highest BCUT2D eigenvalue weighted by Crippen LogP contribution is 2.12. The number of rotatable bonds is 6. The van der Waals surface area contributed by atoms with Crippen LogP contribution in [0.5, 0.6) is 5.75 Å². The van der Waals surface area contributed by atoms with Gasteiger partial charge in [0.1, 0.15) is 24.4 Å². The van der Waals surface area contributed by atoms with Crippen molar-refractivity contribution in [2.75, 3.05) is 13.7 Å². The maximum absolute atomic E-state index is 11.9. The Kier molecular flexibility index (Phi) is 4.70. The summed E-state index contributed by atoms with van der Waals surface area (Å²) in [5.74, 6) is 0.753. The number of hydrogen-bond donors (Lipinski definition) is 1. The first-order chi connectivity index (χ1) is 9.70. The van der Waals surface area contributed by atoms with Gasteiger partial charge >= 0.3 is 0 Å². The third kappa shape index (κ3) is 3.57. The molecule has 6 heteroatoms. The highest BCUT2D eigenvalue weighted by atomic mass is 16.5. The number of nitrogens with zero attached hydrogens (tertiary/aromatic N) is 3. The Balaban J connectivity index is 1.82. The molecule has 0 saturated carbocycles. The second-order valence-electron chi connectivity index (χ2n) is 4.44. The third-order valence-electron chi connectivity index (χ3n) is 3.06. The van der Waals surface area contributed by atoms with Gasteiger partial charge in [-0.1, -0.05) is 12.1 Å². The van der Waals surface area contributed by atoms with Crippen LogP contribution in [0.3, 0.4) is 0 Å². The van der Waals surface area contributed by atoms with Crippen molar-refractivity contribution in [3.8, 4) is 5.75 Å². The lowest BCUT2D eigenvalue weighted by Gasteiger charge is -2.12. The summed E-state index contributed by atoms with van der Waals surface area (Å²) in [5.41, 5.74) is 1.12. The monoisotopic (exact) mass is 274 g/mol. The van der Waals surface area contributed by atoms with E-state index in [0.717, 1.165) is 17.7 Å². The smallest absolute Gasteiger partial charge is 0.244 e. The van der Waals surface area contributed by atoms with Gasteiger partial charge < -0.3 is 10.1 Å². The maximum atomic E-state index is 11.9. The number of methoxy groups -OCH3 is 1. The normalized spacial score (nSPS) is 11.9. The predicted molar refractivity (Wildman–Crippen MR) is 74.4 cm³/mol. The summed E-state index contributed by atoms with van der Waals surface area (Å²) in [7, 11) is 1.64. The Morgan fingerprint density at radius 1 is 1.50 bits per heavy atom. The molecule has 1 N–H and O–H groups in total. The average Bonchev–Trinajstić information content (AvgIpc) is 3.00. The van der Waals surface area contributed by atoms with Crippen molar-refractivity contribution >= 4 is 5.91 Å². The molecule has 0 aliphatic heterocycles. The minimum absolute atomic E-state index is 0.0709. The number of benzene rings is 1. The molecule has 1 aromatic carbocycles. The third-order valence-corrected chi connectivity index (χ3v) is 3.06. The topological polar surface area (TPSA) is 69.0 Å². The van der Waals surface area contributed by atoms with Crippen LogP contribution in [0.4, 0.5) is 0 Å². The second-order valence-corrected chi connectivity index (χ2v) is 4.44. The molecule has 2 rings (SSSR count). The molecule has 0 aliphatic rings. The zero-order chi connectivity index (χ0) is 14.4. The van der Waals surface area contributed by atoms with Gasteiger partial charge in [-0.3, -0.25) is 4.79 Å². The SMILES string of the molecule is COc1cccc(CCNC(=O)[C@H](C)n2cncn2)c1. The minimum atomic E-state index is -0.359. The number of amides is 1. The Morgan fingerprint density at radius 2 is 2.35 bits per heavy atom. The summed E-state index contributed by atoms with van der Waals surface area (Å²) in [5, 5.41) is 6.84. The molecule has 0 unspecified atom stereocenters. The largest absolute Gasteiger partial charge is 0.497 e. The summed E-state index contributed by atoms with van der Waals surface area (Å²) in [6.07, 6.45) is 3.71. The molecule has 106 valence electrons. The summed E-state index contributed by atoms with van der Waals surface area (Å²) >= 11 is 0. The van der Waals surface area contributed by atoms with E-state index in [0.29, 0.717) is 6.54 Å². The first-order valence-electron chi connectivity index (χ1n) is 6.45. The van der Waals surface area contributed by atoms with Crippen LogP contribution < -0.4 is 10.1 Å². The lowest BCUT2D eigenvalue weighted by molar-refractivity contribution is -0.124. The van der Waals surface area contributed by atoms with Crippen LogP contribution in [0.25, 0.3) is 0 Å².